The molecule has 0 aliphatic carbocycles. The molecule has 2 aromatic carbocycles. The maximum Gasteiger partial charge on any atom is 0.308 e. The Labute approximate surface area is 184 Å². The van der Waals surface area contributed by atoms with Gasteiger partial charge in [0, 0.05) is 11.7 Å². The van der Waals surface area contributed by atoms with Gasteiger partial charge in [-0.3, -0.25) is 18.5 Å². The first-order valence-corrected chi connectivity index (χ1v) is 12.4. The Bertz CT molecular complexity index is 1310. The second-order valence-electron chi connectivity index (χ2n) is 7.51. The summed E-state index contributed by atoms with van der Waals surface area (Å²) < 4.78 is 34.7. The molecule has 0 radical (unpaired) electrons. The molecule has 10 heteroatoms. The summed E-state index contributed by atoms with van der Waals surface area (Å²) in [5.74, 6) is -0.202. The number of nitrogens with one attached hydrogen (secondary N) is 1. The number of thiazole rings is 1. The van der Waals surface area contributed by atoms with Crippen LogP contribution in [0.5, 0.6) is 5.75 Å². The van der Waals surface area contributed by atoms with E-state index in [1.807, 2.05) is 13.8 Å². The number of benzene rings is 2. The van der Waals surface area contributed by atoms with E-state index in [9.17, 15) is 18.0 Å². The molecular weight excluding hydrogens is 438 g/mol. The topological polar surface area (TPSA) is 97.7 Å². The maximum absolute atomic E-state index is 12.9. The molecule has 0 bridgehead atoms. The van der Waals surface area contributed by atoms with Crippen LogP contribution in [0.3, 0.4) is 0 Å². The molecule has 1 aliphatic rings. The van der Waals surface area contributed by atoms with Gasteiger partial charge in [-0.05, 0) is 51.1 Å². The lowest BCUT2D eigenvalue weighted by atomic mass is 10.2. The van der Waals surface area contributed by atoms with Gasteiger partial charge in [0.1, 0.15) is 5.75 Å². The molecule has 31 heavy (non-hydrogen) atoms. The summed E-state index contributed by atoms with van der Waals surface area (Å²) in [5, 5.41) is 2.79. The molecule has 4 rings (SSSR count). The van der Waals surface area contributed by atoms with Gasteiger partial charge in [-0.1, -0.05) is 23.5 Å². The fraction of sp³-hybridized carbons (Fsp3) is 0.333. The van der Waals surface area contributed by atoms with E-state index >= 15 is 0 Å². The van der Waals surface area contributed by atoms with Crippen LogP contribution < -0.4 is 19.2 Å². The van der Waals surface area contributed by atoms with Gasteiger partial charge < -0.3 is 10.1 Å². The first-order valence-electron chi connectivity index (χ1n) is 9.93. The third-order valence-electron chi connectivity index (χ3n) is 5.13. The van der Waals surface area contributed by atoms with Crippen LogP contribution in [0.1, 0.15) is 26.8 Å². The molecule has 164 valence electrons. The summed E-state index contributed by atoms with van der Waals surface area (Å²) >= 11 is 1.12. The monoisotopic (exact) mass is 461 g/mol. The third-order valence-corrected chi connectivity index (χ3v) is 7.79. The zero-order valence-corrected chi connectivity index (χ0v) is 19.0. The quantitative estimate of drug-likeness (QED) is 0.629. The Morgan fingerprint density at radius 2 is 2.00 bits per heavy atom. The third kappa shape index (κ3) is 3.92. The number of fused-ring (bicyclic) bond motifs is 2. The van der Waals surface area contributed by atoms with Crippen LogP contribution in [0, 0.1) is 0 Å². The summed E-state index contributed by atoms with van der Waals surface area (Å²) in [6, 6.07) is 12.1. The summed E-state index contributed by atoms with van der Waals surface area (Å²) in [6.07, 6.45) is -1.01. The highest BCUT2D eigenvalue weighted by Crippen LogP contribution is 2.35. The number of para-hydroxylation sites is 2. The minimum Gasteiger partial charge on any atom is -0.476 e. The van der Waals surface area contributed by atoms with Crippen LogP contribution >= 0.6 is 11.3 Å². The normalized spacial score (nSPS) is 16.3. The van der Waals surface area contributed by atoms with Gasteiger partial charge in [0.15, 0.2) is 6.10 Å². The predicted octanol–water partition coefficient (Wildman–Crippen LogP) is 3.20. The van der Waals surface area contributed by atoms with E-state index in [0.717, 1.165) is 21.6 Å². The van der Waals surface area contributed by atoms with Crippen molar-refractivity contribution in [3.8, 4) is 5.75 Å². The molecule has 0 spiro atoms. The number of hydrogen-bond acceptors (Lipinski definition) is 6. The van der Waals surface area contributed by atoms with Crippen molar-refractivity contribution >= 4 is 48.9 Å². The minimum absolute atomic E-state index is 0.0314. The molecule has 0 unspecified atom stereocenters. The van der Waals surface area contributed by atoms with E-state index in [4.69, 9.17) is 4.74 Å². The number of amides is 1. The molecule has 1 N–H and O–H groups in total. The maximum atomic E-state index is 12.9. The van der Waals surface area contributed by atoms with E-state index in [0.29, 0.717) is 17.1 Å². The minimum atomic E-state index is -3.58. The molecule has 0 saturated carbocycles. The predicted molar refractivity (Wildman–Crippen MR) is 123 cm³/mol. The highest BCUT2D eigenvalue weighted by Gasteiger charge is 2.36. The van der Waals surface area contributed by atoms with Crippen LogP contribution in [0.2, 0.25) is 0 Å². The number of aromatic nitrogens is 1. The number of hydrogen-bond donors (Lipinski definition) is 1. The van der Waals surface area contributed by atoms with E-state index in [-0.39, 0.29) is 23.2 Å². The van der Waals surface area contributed by atoms with Gasteiger partial charge in [-0.15, -0.1) is 0 Å². The Kier molecular flexibility index (Phi) is 5.52. The molecule has 1 aromatic heterocycles. The fourth-order valence-electron chi connectivity index (χ4n) is 3.58. The lowest BCUT2D eigenvalue weighted by molar-refractivity contribution is -0.122. The molecule has 0 fully saturated rings. The second kappa shape index (κ2) is 8.01. The molecule has 1 amide bonds. The molecule has 0 saturated heterocycles. The summed E-state index contributed by atoms with van der Waals surface area (Å²) in [4.78, 5) is 25.1. The SMILES string of the molecule is CCS(=O)(=O)N1C[C@H](C(=O)Nc2ccc3c(c2)sc(=O)n3C(C)C)Oc2ccccc21. The Morgan fingerprint density at radius 1 is 1.26 bits per heavy atom. The molecule has 1 atom stereocenters. The molecular formula is C21H23N3O5S2. The summed E-state index contributed by atoms with van der Waals surface area (Å²) in [5.41, 5.74) is 1.75. The summed E-state index contributed by atoms with van der Waals surface area (Å²) in [7, 11) is -3.58. The number of anilines is 2. The Hall–Kier alpha value is -2.85. The van der Waals surface area contributed by atoms with E-state index in [2.05, 4.69) is 5.32 Å². The van der Waals surface area contributed by atoms with Gasteiger partial charge in [-0.25, -0.2) is 8.42 Å². The number of carbonyl (C=O) groups excluding carboxylic acids is 1. The first kappa shape index (κ1) is 21.4. The fourth-order valence-corrected chi connectivity index (χ4v) is 5.76. The highest BCUT2D eigenvalue weighted by molar-refractivity contribution is 7.92. The van der Waals surface area contributed by atoms with Crippen molar-refractivity contribution in [2.45, 2.75) is 32.9 Å². The number of carbonyl (C=O) groups is 1. The van der Waals surface area contributed by atoms with E-state index in [1.165, 1.54) is 4.31 Å². The van der Waals surface area contributed by atoms with Crippen LogP contribution in [0.15, 0.2) is 47.3 Å². The molecule has 2 heterocycles. The lowest BCUT2D eigenvalue weighted by Gasteiger charge is -2.34. The van der Waals surface area contributed by atoms with Crippen molar-refractivity contribution in [3.05, 3.63) is 52.1 Å². The van der Waals surface area contributed by atoms with Crippen molar-refractivity contribution < 1.29 is 17.9 Å². The van der Waals surface area contributed by atoms with Crippen molar-refractivity contribution in [1.82, 2.24) is 4.57 Å². The second-order valence-corrected chi connectivity index (χ2v) is 10.7. The van der Waals surface area contributed by atoms with Crippen LogP contribution in [0.25, 0.3) is 10.2 Å². The number of nitrogens with zero attached hydrogens (tertiary/aromatic N) is 2. The highest BCUT2D eigenvalue weighted by atomic mass is 32.2. The zero-order chi connectivity index (χ0) is 22.3. The Morgan fingerprint density at radius 3 is 2.71 bits per heavy atom. The van der Waals surface area contributed by atoms with Crippen molar-refractivity contribution in [3.63, 3.8) is 0 Å². The van der Waals surface area contributed by atoms with Crippen molar-refractivity contribution in [2.75, 3.05) is 21.9 Å². The lowest BCUT2D eigenvalue weighted by Crippen LogP contribution is -2.49. The zero-order valence-electron chi connectivity index (χ0n) is 17.4. The van der Waals surface area contributed by atoms with Crippen molar-refractivity contribution in [2.24, 2.45) is 0 Å². The van der Waals surface area contributed by atoms with Gasteiger partial charge >= 0.3 is 4.87 Å². The number of ether oxygens (including phenoxy) is 1. The Balaban J connectivity index is 1.61. The number of rotatable bonds is 5. The smallest absolute Gasteiger partial charge is 0.308 e. The standard InChI is InChI=1S/C21H23N3O5S2/c1-4-31(27,28)23-12-18(29-17-8-6-5-7-15(17)23)20(25)22-14-9-10-16-19(11-14)30-21(26)24(16)13(2)3/h5-11,13,18H,4,12H2,1-3H3,(H,22,25)/t18-/m1/s1. The summed E-state index contributed by atoms with van der Waals surface area (Å²) in [6.45, 7) is 5.33. The van der Waals surface area contributed by atoms with Crippen LogP contribution in [0.4, 0.5) is 11.4 Å². The van der Waals surface area contributed by atoms with Crippen LogP contribution in [-0.2, 0) is 14.8 Å². The number of sulfonamides is 1. The average molecular weight is 462 g/mol. The van der Waals surface area contributed by atoms with Gasteiger partial charge in [0.2, 0.25) is 10.0 Å². The molecule has 1 aliphatic heterocycles. The van der Waals surface area contributed by atoms with Gasteiger partial charge in [-0.2, -0.15) is 0 Å². The van der Waals surface area contributed by atoms with Crippen molar-refractivity contribution in [1.29, 1.82) is 0 Å². The molecule has 8 nitrogen and oxygen atoms in total. The van der Waals surface area contributed by atoms with E-state index < -0.39 is 22.0 Å². The first-order chi connectivity index (χ1) is 14.7. The average Bonchev–Trinajstić information content (AvgIpc) is 3.07. The van der Waals surface area contributed by atoms with Gasteiger partial charge in [0.25, 0.3) is 5.91 Å². The largest absolute Gasteiger partial charge is 0.476 e. The van der Waals surface area contributed by atoms with Gasteiger partial charge in [0.05, 0.1) is 28.2 Å². The molecule has 3 aromatic rings. The van der Waals surface area contributed by atoms with E-state index in [1.54, 1.807) is 54.0 Å². The van der Waals surface area contributed by atoms with Crippen LogP contribution in [-0.4, -0.2) is 37.3 Å².